The lowest BCUT2D eigenvalue weighted by molar-refractivity contribution is -0.144. The Balaban J connectivity index is 1.70. The number of esters is 2. The van der Waals surface area contributed by atoms with Crippen molar-refractivity contribution in [3.05, 3.63) is 77.6 Å². The number of ether oxygens (including phenoxy) is 4. The molecule has 1 aliphatic heterocycles. The highest BCUT2D eigenvalue weighted by Crippen LogP contribution is 2.34. The van der Waals surface area contributed by atoms with E-state index in [1.165, 1.54) is 19.3 Å². The molecule has 0 atom stereocenters. The summed E-state index contributed by atoms with van der Waals surface area (Å²) < 4.78 is 20.5. The zero-order valence-corrected chi connectivity index (χ0v) is 15.7. The summed E-state index contributed by atoms with van der Waals surface area (Å²) in [6.45, 7) is 3.30. The van der Waals surface area contributed by atoms with Crippen LogP contribution in [0.2, 0.25) is 0 Å². The highest BCUT2D eigenvalue weighted by atomic mass is 16.6. The number of Topliss-reactive ketones (excluding diaryl/α,β-unsaturated/α-hetero) is 1. The van der Waals surface area contributed by atoms with Crippen molar-refractivity contribution in [3.8, 4) is 11.5 Å². The van der Waals surface area contributed by atoms with Gasteiger partial charge in [0, 0.05) is 6.07 Å². The molecule has 2 aromatic carbocycles. The number of rotatable bonds is 7. The molecule has 0 unspecified atom stereocenters. The van der Waals surface area contributed by atoms with E-state index in [1.807, 2.05) is 0 Å². The van der Waals surface area contributed by atoms with E-state index in [1.54, 1.807) is 42.5 Å². The molecule has 0 aliphatic carbocycles. The summed E-state index contributed by atoms with van der Waals surface area (Å²) in [4.78, 5) is 35.5. The van der Waals surface area contributed by atoms with Crippen LogP contribution >= 0.6 is 0 Å². The van der Waals surface area contributed by atoms with E-state index in [0.29, 0.717) is 28.2 Å². The van der Waals surface area contributed by atoms with Gasteiger partial charge in [-0.25, -0.2) is 9.59 Å². The largest absolute Gasteiger partial charge is 0.482 e. The van der Waals surface area contributed by atoms with E-state index in [4.69, 9.17) is 14.2 Å². The Bertz CT molecular complexity index is 987. The average Bonchev–Trinajstić information content (AvgIpc) is 3.05. The molecule has 0 bridgehead atoms. The van der Waals surface area contributed by atoms with E-state index in [0.717, 1.165) is 0 Å². The standard InChI is InChI=1S/C22H18O7/c1-3-10-27-20(23)13-28-16-8-9-17-18(12-16)29-19(21(17)24)11-14-4-6-15(7-5-14)22(25)26-2/h3-9,11-12H,1,10,13H2,2H3. The second-order valence-corrected chi connectivity index (χ2v) is 5.97. The van der Waals surface area contributed by atoms with Crippen molar-refractivity contribution in [2.75, 3.05) is 20.3 Å². The third kappa shape index (κ3) is 4.70. The summed E-state index contributed by atoms with van der Waals surface area (Å²) in [6, 6.07) is 11.3. The van der Waals surface area contributed by atoms with Crippen molar-refractivity contribution < 1.29 is 33.3 Å². The van der Waals surface area contributed by atoms with Crippen molar-refractivity contribution in [1.29, 1.82) is 0 Å². The van der Waals surface area contributed by atoms with Crippen LogP contribution in [0.5, 0.6) is 11.5 Å². The van der Waals surface area contributed by atoms with E-state index in [9.17, 15) is 14.4 Å². The lowest BCUT2D eigenvalue weighted by Crippen LogP contribution is -2.14. The maximum atomic E-state index is 12.5. The maximum Gasteiger partial charge on any atom is 0.344 e. The summed E-state index contributed by atoms with van der Waals surface area (Å²) >= 11 is 0. The average molecular weight is 394 g/mol. The van der Waals surface area contributed by atoms with Gasteiger partial charge in [0.2, 0.25) is 5.78 Å². The summed E-state index contributed by atoms with van der Waals surface area (Å²) in [7, 11) is 1.31. The monoisotopic (exact) mass is 394 g/mol. The van der Waals surface area contributed by atoms with Gasteiger partial charge in [-0.2, -0.15) is 0 Å². The van der Waals surface area contributed by atoms with Crippen molar-refractivity contribution in [3.63, 3.8) is 0 Å². The summed E-state index contributed by atoms with van der Waals surface area (Å²) in [5.74, 6) is -0.383. The Kier molecular flexibility index (Phi) is 6.09. The van der Waals surface area contributed by atoms with Crippen LogP contribution in [0.15, 0.2) is 60.9 Å². The molecule has 0 spiro atoms. The molecule has 1 heterocycles. The fourth-order valence-electron chi connectivity index (χ4n) is 2.58. The lowest BCUT2D eigenvalue weighted by atomic mass is 10.1. The minimum atomic E-state index is -0.529. The fraction of sp³-hybridized carbons (Fsp3) is 0.136. The molecule has 0 amide bonds. The third-order valence-electron chi connectivity index (χ3n) is 3.99. The number of carbonyl (C=O) groups excluding carboxylic acids is 3. The number of ketones is 1. The number of benzene rings is 2. The highest BCUT2D eigenvalue weighted by molar-refractivity contribution is 6.14. The maximum absolute atomic E-state index is 12.5. The molecular weight excluding hydrogens is 376 g/mol. The molecule has 1 aliphatic rings. The first-order valence-corrected chi connectivity index (χ1v) is 8.68. The van der Waals surface area contributed by atoms with Gasteiger partial charge in [-0.15, -0.1) is 0 Å². The van der Waals surface area contributed by atoms with Crippen molar-refractivity contribution >= 4 is 23.8 Å². The van der Waals surface area contributed by atoms with E-state index < -0.39 is 11.9 Å². The van der Waals surface area contributed by atoms with Crippen molar-refractivity contribution in [2.45, 2.75) is 0 Å². The highest BCUT2D eigenvalue weighted by Gasteiger charge is 2.27. The molecule has 0 fully saturated rings. The molecule has 0 saturated carbocycles. The quantitative estimate of drug-likeness (QED) is 0.405. The normalized spacial score (nSPS) is 13.4. The second kappa shape index (κ2) is 8.88. The van der Waals surface area contributed by atoms with E-state index in [2.05, 4.69) is 11.3 Å². The minimum absolute atomic E-state index is 0.110. The number of allylic oxidation sites excluding steroid dienone is 1. The van der Waals surface area contributed by atoms with Gasteiger partial charge in [-0.1, -0.05) is 24.8 Å². The number of fused-ring (bicyclic) bond motifs is 1. The fourth-order valence-corrected chi connectivity index (χ4v) is 2.58. The van der Waals surface area contributed by atoms with Gasteiger partial charge in [-0.3, -0.25) is 4.79 Å². The molecule has 7 nitrogen and oxygen atoms in total. The van der Waals surface area contributed by atoms with Gasteiger partial charge in [0.15, 0.2) is 12.4 Å². The first-order valence-electron chi connectivity index (χ1n) is 8.68. The molecule has 29 heavy (non-hydrogen) atoms. The number of hydrogen-bond donors (Lipinski definition) is 0. The molecule has 2 aromatic rings. The Hall–Kier alpha value is -3.87. The van der Waals surface area contributed by atoms with Crippen LogP contribution < -0.4 is 9.47 Å². The third-order valence-corrected chi connectivity index (χ3v) is 3.99. The van der Waals surface area contributed by atoms with Crippen molar-refractivity contribution in [2.24, 2.45) is 0 Å². The Morgan fingerprint density at radius 2 is 1.90 bits per heavy atom. The lowest BCUT2D eigenvalue weighted by Gasteiger charge is -2.06. The Labute approximate surface area is 167 Å². The van der Waals surface area contributed by atoms with Gasteiger partial charge < -0.3 is 18.9 Å². The molecule has 148 valence electrons. The van der Waals surface area contributed by atoms with E-state index in [-0.39, 0.29) is 24.8 Å². The second-order valence-electron chi connectivity index (χ2n) is 5.97. The molecule has 3 rings (SSSR count). The summed E-state index contributed by atoms with van der Waals surface area (Å²) in [5, 5.41) is 0. The zero-order chi connectivity index (χ0) is 20.8. The van der Waals surface area contributed by atoms with Crippen LogP contribution in [-0.2, 0) is 14.3 Å². The van der Waals surface area contributed by atoms with Crippen LogP contribution in [0.3, 0.4) is 0 Å². The van der Waals surface area contributed by atoms with Crippen LogP contribution in [0.1, 0.15) is 26.3 Å². The first kappa shape index (κ1) is 19.9. The predicted molar refractivity (Wildman–Crippen MR) is 104 cm³/mol. The van der Waals surface area contributed by atoms with Crippen LogP contribution in [0, 0.1) is 0 Å². The molecule has 7 heteroatoms. The van der Waals surface area contributed by atoms with E-state index >= 15 is 0 Å². The number of hydrogen-bond acceptors (Lipinski definition) is 7. The van der Waals surface area contributed by atoms with Crippen LogP contribution in [0.25, 0.3) is 6.08 Å². The first-order chi connectivity index (χ1) is 14.0. The molecule has 0 saturated heterocycles. The Morgan fingerprint density at radius 3 is 2.59 bits per heavy atom. The molecular formula is C22H18O7. The van der Waals surface area contributed by atoms with Gasteiger partial charge >= 0.3 is 11.9 Å². The van der Waals surface area contributed by atoms with Crippen LogP contribution in [0.4, 0.5) is 0 Å². The van der Waals surface area contributed by atoms with Gasteiger partial charge in [0.25, 0.3) is 0 Å². The van der Waals surface area contributed by atoms with Gasteiger partial charge in [0.05, 0.1) is 18.2 Å². The van der Waals surface area contributed by atoms with Crippen molar-refractivity contribution in [1.82, 2.24) is 0 Å². The molecule has 0 aromatic heterocycles. The molecule has 0 N–H and O–H groups in total. The zero-order valence-electron chi connectivity index (χ0n) is 15.7. The molecule has 0 radical (unpaired) electrons. The smallest absolute Gasteiger partial charge is 0.344 e. The minimum Gasteiger partial charge on any atom is -0.482 e. The van der Waals surface area contributed by atoms with Gasteiger partial charge in [0.1, 0.15) is 18.1 Å². The van der Waals surface area contributed by atoms with Crippen LogP contribution in [-0.4, -0.2) is 38.0 Å². The SMILES string of the molecule is C=CCOC(=O)COc1ccc2c(c1)OC(=Cc1ccc(C(=O)OC)cc1)C2=O. The Morgan fingerprint density at radius 1 is 1.14 bits per heavy atom. The number of methoxy groups -OCH3 is 1. The summed E-state index contributed by atoms with van der Waals surface area (Å²) in [5.41, 5.74) is 1.49. The number of carbonyl (C=O) groups is 3. The summed E-state index contributed by atoms with van der Waals surface area (Å²) in [6.07, 6.45) is 3.04. The van der Waals surface area contributed by atoms with Gasteiger partial charge in [-0.05, 0) is 35.9 Å². The predicted octanol–water partition coefficient (Wildman–Crippen LogP) is 3.20. The topological polar surface area (TPSA) is 88.1 Å².